The maximum absolute atomic E-state index is 15.5. The molecule has 38 heavy (non-hydrogen) atoms. The van der Waals surface area contributed by atoms with Gasteiger partial charge in [-0.2, -0.15) is 0 Å². The summed E-state index contributed by atoms with van der Waals surface area (Å²) in [5, 5.41) is 18.3. The first kappa shape index (κ1) is 27.2. The summed E-state index contributed by atoms with van der Waals surface area (Å²) in [5.74, 6) is -4.07. The topological polar surface area (TPSA) is 142 Å². The fraction of sp³-hybridized carbons (Fsp3) is 0.500. The van der Waals surface area contributed by atoms with Crippen LogP contribution < -0.4 is 21.5 Å². The van der Waals surface area contributed by atoms with Crippen LogP contribution in [-0.4, -0.2) is 44.6 Å². The lowest BCUT2D eigenvalue weighted by molar-refractivity contribution is -0.141. The molecular weight excluding hydrogens is 500 g/mol. The van der Waals surface area contributed by atoms with Crippen LogP contribution in [0.3, 0.4) is 0 Å². The molecule has 3 heterocycles. The van der Waals surface area contributed by atoms with Gasteiger partial charge in [-0.3, -0.25) is 23.7 Å². The van der Waals surface area contributed by atoms with Gasteiger partial charge < -0.3 is 21.1 Å². The minimum absolute atomic E-state index is 0.0180. The van der Waals surface area contributed by atoms with Gasteiger partial charge in [0.25, 0.3) is 11.5 Å². The second-order valence-corrected chi connectivity index (χ2v) is 10.6. The number of carbonyl (C=O) groups excluding carboxylic acids is 3. The number of aryl methyl sites for hydroxylation is 1. The van der Waals surface area contributed by atoms with Gasteiger partial charge in [0.1, 0.15) is 17.3 Å². The number of rotatable bonds is 6. The summed E-state index contributed by atoms with van der Waals surface area (Å²) in [6, 6.07) is 4.29. The van der Waals surface area contributed by atoms with E-state index in [0.29, 0.717) is 11.1 Å². The van der Waals surface area contributed by atoms with Crippen LogP contribution in [0.1, 0.15) is 67.0 Å². The molecule has 4 N–H and O–H groups in total. The molecular formula is C26H31F2N5O5. The Labute approximate surface area is 217 Å². The Bertz CT molecular complexity index is 1350. The molecule has 5 rings (SSSR count). The first-order valence-corrected chi connectivity index (χ1v) is 12.5. The highest BCUT2D eigenvalue weighted by Crippen LogP contribution is 2.46. The standard InChI is InChI=1S/C26H31F2N5O5/c1-14(2)11-29-21(36)22(37)32-26-8-6-25(28,7-9-26)13-33-23(38)19(34)18(31-24(26)33)20(35)30-12-16-4-5-17(27)15(3)10-16/h4-5,10,14,34H,6-9,11-13H2,1-3H3,(H,29,36)(H,30,35)(H,32,37). The number of amides is 3. The minimum Gasteiger partial charge on any atom is -0.501 e. The number of hydrogen-bond donors (Lipinski definition) is 4. The molecule has 1 saturated carbocycles. The zero-order valence-corrected chi connectivity index (χ0v) is 21.5. The third-order valence-corrected chi connectivity index (χ3v) is 7.13. The average Bonchev–Trinajstić information content (AvgIpc) is 3.07. The molecule has 2 aliphatic heterocycles. The van der Waals surface area contributed by atoms with Crippen molar-refractivity contribution >= 4 is 17.7 Å². The van der Waals surface area contributed by atoms with Gasteiger partial charge in [0.05, 0.1) is 12.1 Å². The van der Waals surface area contributed by atoms with E-state index in [1.807, 2.05) is 13.8 Å². The van der Waals surface area contributed by atoms with Crippen molar-refractivity contribution in [3.63, 3.8) is 0 Å². The Morgan fingerprint density at radius 3 is 2.45 bits per heavy atom. The van der Waals surface area contributed by atoms with E-state index in [1.54, 1.807) is 13.0 Å². The van der Waals surface area contributed by atoms with Crippen LogP contribution in [0.2, 0.25) is 0 Å². The van der Waals surface area contributed by atoms with Gasteiger partial charge in [0.15, 0.2) is 5.69 Å². The second-order valence-electron chi connectivity index (χ2n) is 10.6. The number of nitrogens with one attached hydrogen (secondary N) is 3. The lowest BCUT2D eigenvalue weighted by Crippen LogP contribution is -2.54. The summed E-state index contributed by atoms with van der Waals surface area (Å²) in [6.07, 6.45) is 0.0471. The van der Waals surface area contributed by atoms with E-state index >= 15 is 4.39 Å². The van der Waals surface area contributed by atoms with Crippen LogP contribution >= 0.6 is 0 Å². The summed E-state index contributed by atoms with van der Waals surface area (Å²) >= 11 is 0. The Hall–Kier alpha value is -3.83. The second kappa shape index (κ2) is 10.1. The van der Waals surface area contributed by atoms with E-state index in [2.05, 4.69) is 20.9 Å². The highest BCUT2D eigenvalue weighted by molar-refractivity contribution is 6.35. The van der Waals surface area contributed by atoms with Crippen molar-refractivity contribution in [2.24, 2.45) is 5.92 Å². The Morgan fingerprint density at radius 1 is 1.13 bits per heavy atom. The molecule has 0 spiro atoms. The Balaban J connectivity index is 1.68. The Kier molecular flexibility index (Phi) is 7.26. The molecule has 1 aromatic heterocycles. The van der Waals surface area contributed by atoms with Gasteiger partial charge in [-0.05, 0) is 55.7 Å². The molecule has 0 unspecified atom stereocenters. The molecule has 0 atom stereocenters. The van der Waals surface area contributed by atoms with Crippen LogP contribution in [0.15, 0.2) is 23.0 Å². The highest BCUT2D eigenvalue weighted by atomic mass is 19.1. The minimum atomic E-state index is -1.78. The van der Waals surface area contributed by atoms with Crippen molar-refractivity contribution < 1.29 is 28.3 Å². The largest absolute Gasteiger partial charge is 0.501 e. The van der Waals surface area contributed by atoms with Gasteiger partial charge in [-0.15, -0.1) is 0 Å². The molecule has 2 aromatic rings. The summed E-state index contributed by atoms with van der Waals surface area (Å²) in [6.45, 7) is 5.14. The van der Waals surface area contributed by atoms with Crippen LogP contribution in [0.5, 0.6) is 5.75 Å². The molecule has 3 amide bonds. The number of aromatic hydroxyl groups is 1. The first-order valence-electron chi connectivity index (χ1n) is 12.5. The van der Waals surface area contributed by atoms with Crippen molar-refractivity contribution in [3.8, 4) is 5.75 Å². The highest BCUT2D eigenvalue weighted by Gasteiger charge is 2.52. The van der Waals surface area contributed by atoms with Gasteiger partial charge in [-0.1, -0.05) is 26.0 Å². The van der Waals surface area contributed by atoms with Gasteiger partial charge in [-0.25, -0.2) is 13.8 Å². The third kappa shape index (κ3) is 5.25. The SMILES string of the molecule is Cc1cc(CNC(=O)c2nc3n(c(=O)c2O)CC2(F)CCC3(NC(=O)C(=O)NCC(C)C)CC2)ccc1F. The third-order valence-electron chi connectivity index (χ3n) is 7.13. The van der Waals surface area contributed by atoms with Crippen LogP contribution in [0.25, 0.3) is 0 Å². The van der Waals surface area contributed by atoms with Crippen LogP contribution in [-0.2, 0) is 28.2 Å². The maximum atomic E-state index is 15.5. The summed E-state index contributed by atoms with van der Waals surface area (Å²) in [5.41, 5.74) is -3.82. The molecule has 0 radical (unpaired) electrons. The van der Waals surface area contributed by atoms with Gasteiger partial charge >= 0.3 is 11.8 Å². The number of nitrogens with zero attached hydrogens (tertiary/aromatic N) is 2. The number of halogens is 2. The normalized spacial score (nSPS) is 21.9. The van der Waals surface area contributed by atoms with E-state index in [0.717, 1.165) is 4.57 Å². The van der Waals surface area contributed by atoms with E-state index in [4.69, 9.17) is 0 Å². The summed E-state index contributed by atoms with van der Waals surface area (Å²) < 4.78 is 30.0. The van der Waals surface area contributed by atoms with E-state index in [1.165, 1.54) is 12.1 Å². The van der Waals surface area contributed by atoms with E-state index in [9.17, 15) is 28.7 Å². The van der Waals surface area contributed by atoms with Crippen molar-refractivity contribution in [3.05, 3.63) is 57.0 Å². The maximum Gasteiger partial charge on any atom is 0.310 e. The lowest BCUT2D eigenvalue weighted by atomic mass is 9.76. The Morgan fingerprint density at radius 2 is 1.82 bits per heavy atom. The molecule has 3 aliphatic rings. The van der Waals surface area contributed by atoms with Gasteiger partial charge in [0, 0.05) is 13.1 Å². The van der Waals surface area contributed by atoms with E-state index < -0.39 is 58.3 Å². The summed E-state index contributed by atoms with van der Waals surface area (Å²) in [4.78, 5) is 55.6. The molecule has 204 valence electrons. The van der Waals surface area contributed by atoms with Crippen molar-refractivity contribution in [2.45, 2.75) is 70.8 Å². The van der Waals surface area contributed by atoms with Crippen LogP contribution in [0, 0.1) is 18.7 Å². The smallest absolute Gasteiger partial charge is 0.310 e. The molecule has 1 aliphatic carbocycles. The zero-order chi connectivity index (χ0) is 27.8. The number of hydrogen-bond acceptors (Lipinski definition) is 6. The fourth-order valence-corrected chi connectivity index (χ4v) is 4.92. The predicted octanol–water partition coefficient (Wildman–Crippen LogP) is 1.71. The quantitative estimate of drug-likeness (QED) is 0.418. The number of fused-ring (bicyclic) bond motifs is 2. The number of aromatic nitrogens is 2. The predicted molar refractivity (Wildman–Crippen MR) is 132 cm³/mol. The van der Waals surface area contributed by atoms with Crippen LogP contribution in [0.4, 0.5) is 8.78 Å². The number of benzene rings is 1. The molecule has 0 saturated heterocycles. The van der Waals surface area contributed by atoms with Gasteiger partial charge in [0.2, 0.25) is 5.75 Å². The van der Waals surface area contributed by atoms with E-state index in [-0.39, 0.29) is 50.5 Å². The van der Waals surface area contributed by atoms with Crippen molar-refractivity contribution in [1.29, 1.82) is 0 Å². The number of alkyl halides is 1. The number of carbonyl (C=O) groups is 3. The first-order chi connectivity index (χ1) is 17.8. The molecule has 1 aromatic carbocycles. The van der Waals surface area contributed by atoms with Crippen molar-refractivity contribution in [2.75, 3.05) is 6.54 Å². The molecule has 10 nitrogen and oxygen atoms in total. The zero-order valence-electron chi connectivity index (χ0n) is 21.5. The molecule has 2 bridgehead atoms. The monoisotopic (exact) mass is 531 g/mol. The molecule has 12 heteroatoms. The van der Waals surface area contributed by atoms with Crippen molar-refractivity contribution in [1.82, 2.24) is 25.5 Å². The average molecular weight is 532 g/mol. The lowest BCUT2D eigenvalue weighted by Gasteiger charge is -2.38. The summed E-state index contributed by atoms with van der Waals surface area (Å²) in [7, 11) is 0. The fourth-order valence-electron chi connectivity index (χ4n) is 4.92. The molecule has 1 fully saturated rings.